The summed E-state index contributed by atoms with van der Waals surface area (Å²) in [6.45, 7) is 5.12. The predicted octanol–water partition coefficient (Wildman–Crippen LogP) is 4.01. The third-order valence-electron chi connectivity index (χ3n) is 5.04. The van der Waals surface area contributed by atoms with E-state index in [1.54, 1.807) is 12.1 Å². The number of carbonyl (C=O) groups is 1. The summed E-state index contributed by atoms with van der Waals surface area (Å²) in [6.07, 6.45) is 3.04. The van der Waals surface area contributed by atoms with Crippen molar-refractivity contribution in [2.24, 2.45) is 0 Å². The lowest BCUT2D eigenvalue weighted by Crippen LogP contribution is -2.52. The summed E-state index contributed by atoms with van der Waals surface area (Å²) in [5, 5.41) is 3.36. The molecule has 1 fully saturated rings. The van der Waals surface area contributed by atoms with Gasteiger partial charge < -0.3 is 9.80 Å². The second-order valence-corrected chi connectivity index (χ2v) is 7.36. The van der Waals surface area contributed by atoms with Gasteiger partial charge in [0.25, 0.3) is 5.91 Å². The largest absolute Gasteiger partial charge is 0.368 e. The van der Waals surface area contributed by atoms with Crippen LogP contribution in [-0.4, -0.2) is 42.1 Å². The molecule has 1 saturated heterocycles. The monoisotopic (exact) mass is 399 g/mol. The highest BCUT2D eigenvalue weighted by Gasteiger charge is 2.21. The van der Waals surface area contributed by atoms with Gasteiger partial charge in [-0.3, -0.25) is 10.1 Å². The molecule has 0 atom stereocenters. The molecule has 0 bridgehead atoms. The first-order valence-corrected chi connectivity index (χ1v) is 10.2. The molecule has 1 amide bonds. The quantitative estimate of drug-likeness (QED) is 0.771. The molecule has 1 aliphatic heterocycles. The number of unbranched alkanes of at least 4 members (excludes halogenated alkanes) is 1. The third kappa shape index (κ3) is 5.07. The summed E-state index contributed by atoms with van der Waals surface area (Å²) in [7, 11) is 0. The number of amides is 1. The van der Waals surface area contributed by atoms with Crippen molar-refractivity contribution in [3.8, 4) is 0 Å². The molecular formula is C22H26FN3OS. The van der Waals surface area contributed by atoms with Crippen LogP contribution in [0.3, 0.4) is 0 Å². The van der Waals surface area contributed by atoms with Crippen molar-refractivity contribution in [1.82, 2.24) is 10.2 Å². The highest BCUT2D eigenvalue weighted by molar-refractivity contribution is 7.80. The highest BCUT2D eigenvalue weighted by Crippen LogP contribution is 2.17. The Morgan fingerprint density at radius 1 is 1.07 bits per heavy atom. The molecule has 0 aliphatic carbocycles. The Morgan fingerprint density at radius 3 is 2.43 bits per heavy atom. The van der Waals surface area contributed by atoms with Crippen molar-refractivity contribution in [3.63, 3.8) is 0 Å². The van der Waals surface area contributed by atoms with E-state index in [9.17, 15) is 9.18 Å². The number of piperazine rings is 1. The van der Waals surface area contributed by atoms with Gasteiger partial charge in [-0.15, -0.1) is 0 Å². The van der Waals surface area contributed by atoms with E-state index in [4.69, 9.17) is 12.2 Å². The second-order valence-electron chi connectivity index (χ2n) is 6.97. The zero-order valence-electron chi connectivity index (χ0n) is 16.2. The van der Waals surface area contributed by atoms with E-state index in [-0.39, 0.29) is 11.7 Å². The standard InChI is InChI=1S/C22H26FN3OS/c1-2-3-6-17-7-4-5-8-20(17)21(27)24-22(28)26-15-13-25(14-16-26)19-11-9-18(23)10-12-19/h4-5,7-12H,2-3,6,13-16H2,1H3,(H,24,27,28). The Hall–Kier alpha value is -2.47. The number of rotatable bonds is 5. The van der Waals surface area contributed by atoms with Gasteiger partial charge in [-0.05, 0) is 61.0 Å². The molecule has 0 radical (unpaired) electrons. The molecule has 148 valence electrons. The summed E-state index contributed by atoms with van der Waals surface area (Å²) in [6, 6.07) is 14.2. The second kappa shape index (κ2) is 9.64. The van der Waals surface area contributed by atoms with Crippen LogP contribution >= 0.6 is 12.2 Å². The molecule has 0 unspecified atom stereocenters. The number of hydrogen-bond donors (Lipinski definition) is 1. The SMILES string of the molecule is CCCCc1ccccc1C(=O)NC(=S)N1CCN(c2ccc(F)cc2)CC1. The van der Waals surface area contributed by atoms with E-state index in [1.165, 1.54) is 12.1 Å². The summed E-state index contributed by atoms with van der Waals surface area (Å²) in [5.74, 6) is -0.372. The molecule has 0 saturated carbocycles. The van der Waals surface area contributed by atoms with Gasteiger partial charge in [0.15, 0.2) is 5.11 Å². The van der Waals surface area contributed by atoms with Gasteiger partial charge in [-0.1, -0.05) is 31.5 Å². The Balaban J connectivity index is 1.56. The lowest BCUT2D eigenvalue weighted by molar-refractivity contribution is 0.0972. The number of nitrogens with one attached hydrogen (secondary N) is 1. The van der Waals surface area contributed by atoms with Crippen molar-refractivity contribution in [3.05, 3.63) is 65.5 Å². The molecule has 1 heterocycles. The van der Waals surface area contributed by atoms with E-state index in [0.29, 0.717) is 23.8 Å². The molecule has 3 rings (SSSR count). The van der Waals surface area contributed by atoms with Crippen LogP contribution < -0.4 is 10.2 Å². The fourth-order valence-corrected chi connectivity index (χ4v) is 3.67. The van der Waals surface area contributed by atoms with Crippen molar-refractivity contribution in [2.45, 2.75) is 26.2 Å². The van der Waals surface area contributed by atoms with E-state index >= 15 is 0 Å². The molecular weight excluding hydrogens is 373 g/mol. The first-order valence-electron chi connectivity index (χ1n) is 9.77. The van der Waals surface area contributed by atoms with Gasteiger partial charge in [0.05, 0.1) is 0 Å². The van der Waals surface area contributed by atoms with Gasteiger partial charge in [0.2, 0.25) is 0 Å². The average Bonchev–Trinajstić information content (AvgIpc) is 2.73. The minimum atomic E-state index is -0.231. The van der Waals surface area contributed by atoms with Crippen molar-refractivity contribution < 1.29 is 9.18 Å². The number of aryl methyl sites for hydroxylation is 1. The van der Waals surface area contributed by atoms with Crippen LogP contribution in [0.5, 0.6) is 0 Å². The first kappa shape index (κ1) is 20.3. The summed E-state index contributed by atoms with van der Waals surface area (Å²) < 4.78 is 13.1. The molecule has 28 heavy (non-hydrogen) atoms. The lowest BCUT2D eigenvalue weighted by Gasteiger charge is -2.37. The summed E-state index contributed by atoms with van der Waals surface area (Å²) in [5.41, 5.74) is 2.76. The molecule has 2 aromatic carbocycles. The van der Waals surface area contributed by atoms with E-state index in [1.807, 2.05) is 29.2 Å². The zero-order chi connectivity index (χ0) is 19.9. The van der Waals surface area contributed by atoms with E-state index in [2.05, 4.69) is 17.1 Å². The van der Waals surface area contributed by atoms with Gasteiger partial charge in [-0.2, -0.15) is 0 Å². The normalized spacial score (nSPS) is 14.1. The minimum Gasteiger partial charge on any atom is -0.368 e. The Labute approximate surface area is 171 Å². The number of thiocarbonyl (C=S) groups is 1. The maximum absolute atomic E-state index is 13.1. The summed E-state index contributed by atoms with van der Waals surface area (Å²) in [4.78, 5) is 16.9. The fraction of sp³-hybridized carbons (Fsp3) is 0.364. The van der Waals surface area contributed by atoms with Crippen LogP contribution in [-0.2, 0) is 6.42 Å². The first-order chi connectivity index (χ1) is 13.6. The number of benzene rings is 2. The van der Waals surface area contributed by atoms with Crippen LogP contribution in [0.4, 0.5) is 10.1 Å². The number of hydrogen-bond acceptors (Lipinski definition) is 3. The lowest BCUT2D eigenvalue weighted by atomic mass is 10.0. The van der Waals surface area contributed by atoms with Crippen LogP contribution in [0.15, 0.2) is 48.5 Å². The maximum Gasteiger partial charge on any atom is 0.257 e. The Morgan fingerprint density at radius 2 is 1.75 bits per heavy atom. The van der Waals surface area contributed by atoms with Gasteiger partial charge in [-0.25, -0.2) is 4.39 Å². The maximum atomic E-state index is 13.1. The molecule has 1 aliphatic rings. The van der Waals surface area contributed by atoms with E-state index < -0.39 is 0 Å². The minimum absolute atomic E-state index is 0.141. The fourth-order valence-electron chi connectivity index (χ4n) is 3.39. The molecule has 0 aromatic heterocycles. The highest BCUT2D eigenvalue weighted by atomic mass is 32.1. The van der Waals surface area contributed by atoms with Crippen molar-refractivity contribution >= 4 is 28.9 Å². The van der Waals surface area contributed by atoms with Gasteiger partial charge in [0, 0.05) is 37.4 Å². The molecule has 2 aromatic rings. The molecule has 6 heteroatoms. The number of anilines is 1. The van der Waals surface area contributed by atoms with E-state index in [0.717, 1.165) is 43.6 Å². The summed E-state index contributed by atoms with van der Waals surface area (Å²) >= 11 is 5.48. The van der Waals surface area contributed by atoms with Gasteiger partial charge in [0.1, 0.15) is 5.82 Å². The topological polar surface area (TPSA) is 35.6 Å². The number of nitrogens with zero attached hydrogens (tertiary/aromatic N) is 2. The van der Waals surface area contributed by atoms with Crippen molar-refractivity contribution in [2.75, 3.05) is 31.1 Å². The average molecular weight is 400 g/mol. The van der Waals surface area contributed by atoms with Crippen LogP contribution in [0.25, 0.3) is 0 Å². The Kier molecular flexibility index (Phi) is 6.98. The molecule has 0 spiro atoms. The van der Waals surface area contributed by atoms with Gasteiger partial charge >= 0.3 is 0 Å². The number of halogens is 1. The Bertz CT molecular complexity index is 817. The third-order valence-corrected chi connectivity index (χ3v) is 5.40. The smallest absolute Gasteiger partial charge is 0.257 e. The molecule has 4 nitrogen and oxygen atoms in total. The zero-order valence-corrected chi connectivity index (χ0v) is 17.0. The van der Waals surface area contributed by atoms with Crippen LogP contribution in [0.1, 0.15) is 35.7 Å². The van der Waals surface area contributed by atoms with Crippen molar-refractivity contribution in [1.29, 1.82) is 0 Å². The predicted molar refractivity (Wildman–Crippen MR) is 115 cm³/mol. The molecule has 1 N–H and O–H groups in total. The van der Waals surface area contributed by atoms with Crippen LogP contribution in [0.2, 0.25) is 0 Å². The number of carbonyl (C=O) groups excluding carboxylic acids is 1. The van der Waals surface area contributed by atoms with Crippen LogP contribution in [0, 0.1) is 5.82 Å².